The minimum absolute atomic E-state index is 0.0532. The van der Waals surface area contributed by atoms with Crippen molar-refractivity contribution in [2.24, 2.45) is 5.92 Å². The van der Waals surface area contributed by atoms with Gasteiger partial charge in [-0.15, -0.1) is 0 Å². The van der Waals surface area contributed by atoms with E-state index in [1.165, 1.54) is 0 Å². The largest absolute Gasteiger partial charge is 0.481 e. The topological polar surface area (TPSA) is 60.9 Å². The number of nitrogens with zero attached hydrogens (tertiary/aromatic N) is 2. The molecule has 1 rings (SSSR count). The van der Waals surface area contributed by atoms with Crippen LogP contribution in [-0.2, 0) is 4.79 Å². The van der Waals surface area contributed by atoms with Crippen molar-refractivity contribution >= 4 is 23.8 Å². The molecule has 0 spiro atoms. The summed E-state index contributed by atoms with van der Waals surface area (Å²) in [6.07, 6.45) is 3.45. The second kappa shape index (κ2) is 6.87. The number of carbonyl (C=O) groups excluding carboxylic acids is 1. The molecule has 18 heavy (non-hydrogen) atoms. The molecule has 5 nitrogen and oxygen atoms in total. The van der Waals surface area contributed by atoms with E-state index in [1.807, 2.05) is 13.2 Å². The molecule has 1 fully saturated rings. The molecule has 0 radical (unpaired) electrons. The fourth-order valence-electron chi connectivity index (χ4n) is 2.12. The fraction of sp³-hybridized carbons (Fsp3) is 0.833. The molecule has 1 saturated heterocycles. The molecule has 0 aliphatic carbocycles. The Morgan fingerprint density at radius 1 is 1.56 bits per heavy atom. The highest BCUT2D eigenvalue weighted by molar-refractivity contribution is 7.98. The van der Waals surface area contributed by atoms with Gasteiger partial charge in [-0.3, -0.25) is 4.79 Å². The summed E-state index contributed by atoms with van der Waals surface area (Å²) in [5, 5.41) is 9.01. The normalized spacial score (nSPS) is 21.5. The molecule has 104 valence electrons. The Kier molecular flexibility index (Phi) is 5.78. The Labute approximate surface area is 113 Å². The van der Waals surface area contributed by atoms with Crippen LogP contribution in [-0.4, -0.2) is 65.1 Å². The molecule has 1 aliphatic rings. The van der Waals surface area contributed by atoms with Crippen molar-refractivity contribution in [2.75, 3.05) is 32.1 Å². The molecule has 2 atom stereocenters. The summed E-state index contributed by atoms with van der Waals surface area (Å²) >= 11 is 1.70. The van der Waals surface area contributed by atoms with Crippen molar-refractivity contribution in [1.82, 2.24) is 9.80 Å². The monoisotopic (exact) mass is 274 g/mol. The summed E-state index contributed by atoms with van der Waals surface area (Å²) in [5.41, 5.74) is 0. The number of piperidine rings is 1. The predicted octanol–water partition coefficient (Wildman–Crippen LogP) is 1.59. The summed E-state index contributed by atoms with van der Waals surface area (Å²) in [6.45, 7) is 3.01. The van der Waals surface area contributed by atoms with Gasteiger partial charge in [0.1, 0.15) is 0 Å². The van der Waals surface area contributed by atoms with Crippen molar-refractivity contribution in [1.29, 1.82) is 0 Å². The predicted molar refractivity (Wildman–Crippen MR) is 72.9 cm³/mol. The molecule has 2 amide bonds. The molecule has 1 aliphatic heterocycles. The maximum atomic E-state index is 12.2. The number of carboxylic acid groups (broad SMARTS) is 1. The number of carboxylic acids is 1. The number of rotatable bonds is 4. The van der Waals surface area contributed by atoms with E-state index >= 15 is 0 Å². The first-order valence-corrected chi connectivity index (χ1v) is 7.60. The number of likely N-dealkylation sites (tertiary alicyclic amines) is 1. The van der Waals surface area contributed by atoms with Crippen LogP contribution in [0.2, 0.25) is 0 Å². The molecule has 1 N–H and O–H groups in total. The van der Waals surface area contributed by atoms with Crippen LogP contribution in [0.4, 0.5) is 4.79 Å². The van der Waals surface area contributed by atoms with Crippen LogP contribution in [0.3, 0.4) is 0 Å². The highest BCUT2D eigenvalue weighted by atomic mass is 32.2. The van der Waals surface area contributed by atoms with E-state index in [1.54, 1.807) is 28.6 Å². The number of urea groups is 1. The molecule has 0 bridgehead atoms. The zero-order valence-corrected chi connectivity index (χ0v) is 12.1. The minimum Gasteiger partial charge on any atom is -0.481 e. The zero-order chi connectivity index (χ0) is 13.7. The lowest BCUT2D eigenvalue weighted by Crippen LogP contribution is -2.50. The SMILES string of the molecule is CSCC(C)N(C)C(=O)N1CCC[C@H](C(=O)O)C1. The van der Waals surface area contributed by atoms with Crippen LogP contribution in [0.1, 0.15) is 19.8 Å². The number of aliphatic carboxylic acids is 1. The maximum Gasteiger partial charge on any atom is 0.320 e. The van der Waals surface area contributed by atoms with Crippen molar-refractivity contribution in [3.05, 3.63) is 0 Å². The van der Waals surface area contributed by atoms with Gasteiger partial charge in [-0.25, -0.2) is 4.79 Å². The highest BCUT2D eigenvalue weighted by Gasteiger charge is 2.30. The fourth-order valence-corrected chi connectivity index (χ4v) is 2.82. The Hall–Kier alpha value is -0.910. The van der Waals surface area contributed by atoms with Gasteiger partial charge in [-0.2, -0.15) is 11.8 Å². The number of hydrogen-bond acceptors (Lipinski definition) is 3. The van der Waals surface area contributed by atoms with Gasteiger partial charge in [0.15, 0.2) is 0 Å². The minimum atomic E-state index is -0.799. The molecule has 0 aromatic heterocycles. The quantitative estimate of drug-likeness (QED) is 0.845. The Morgan fingerprint density at radius 2 is 2.22 bits per heavy atom. The third kappa shape index (κ3) is 3.80. The van der Waals surface area contributed by atoms with Crippen molar-refractivity contribution in [3.8, 4) is 0 Å². The van der Waals surface area contributed by atoms with E-state index < -0.39 is 11.9 Å². The molecule has 0 aromatic carbocycles. The van der Waals surface area contributed by atoms with Crippen molar-refractivity contribution < 1.29 is 14.7 Å². The summed E-state index contributed by atoms with van der Waals surface area (Å²) in [4.78, 5) is 26.6. The lowest BCUT2D eigenvalue weighted by atomic mass is 9.98. The number of amides is 2. The summed E-state index contributed by atoms with van der Waals surface area (Å²) in [5.74, 6) is -0.322. The Bertz CT molecular complexity index is 312. The number of carbonyl (C=O) groups is 2. The lowest BCUT2D eigenvalue weighted by molar-refractivity contribution is -0.143. The Balaban J connectivity index is 2.57. The summed E-state index contributed by atoms with van der Waals surface area (Å²) < 4.78 is 0. The molecule has 0 aromatic rings. The molecule has 0 saturated carbocycles. The maximum absolute atomic E-state index is 12.2. The van der Waals surface area contributed by atoms with Crippen molar-refractivity contribution in [2.45, 2.75) is 25.8 Å². The van der Waals surface area contributed by atoms with Crippen LogP contribution in [0, 0.1) is 5.92 Å². The second-order valence-corrected chi connectivity index (χ2v) is 5.73. The zero-order valence-electron chi connectivity index (χ0n) is 11.3. The Morgan fingerprint density at radius 3 is 2.78 bits per heavy atom. The average molecular weight is 274 g/mol. The molecule has 1 unspecified atom stereocenters. The van der Waals surface area contributed by atoms with E-state index in [2.05, 4.69) is 0 Å². The highest BCUT2D eigenvalue weighted by Crippen LogP contribution is 2.18. The van der Waals surface area contributed by atoms with Crippen LogP contribution in [0.15, 0.2) is 0 Å². The molecule has 6 heteroatoms. The van der Waals surface area contributed by atoms with Crippen molar-refractivity contribution in [3.63, 3.8) is 0 Å². The van der Waals surface area contributed by atoms with Crippen LogP contribution >= 0.6 is 11.8 Å². The standard InChI is InChI=1S/C12H22N2O3S/c1-9(8-18-3)13(2)12(17)14-6-4-5-10(7-14)11(15)16/h9-10H,4-8H2,1-3H3,(H,15,16)/t9?,10-/m0/s1. The summed E-state index contributed by atoms with van der Waals surface area (Å²) in [6, 6.07) is 0.111. The third-order valence-electron chi connectivity index (χ3n) is 3.41. The van der Waals surface area contributed by atoms with Gasteiger partial charge >= 0.3 is 12.0 Å². The van der Waals surface area contributed by atoms with E-state index in [4.69, 9.17) is 5.11 Å². The molecular weight excluding hydrogens is 252 g/mol. The smallest absolute Gasteiger partial charge is 0.320 e. The number of thioether (sulfide) groups is 1. The lowest BCUT2D eigenvalue weighted by Gasteiger charge is -2.35. The first kappa shape index (κ1) is 15.1. The van der Waals surface area contributed by atoms with Gasteiger partial charge in [0.25, 0.3) is 0 Å². The second-order valence-electron chi connectivity index (χ2n) is 4.82. The first-order chi connectivity index (χ1) is 8.47. The van der Waals surface area contributed by atoms with E-state index in [0.29, 0.717) is 19.5 Å². The molecular formula is C12H22N2O3S. The summed E-state index contributed by atoms with van der Waals surface area (Å²) in [7, 11) is 1.79. The van der Waals surface area contributed by atoms with Crippen LogP contribution < -0.4 is 0 Å². The number of hydrogen-bond donors (Lipinski definition) is 1. The van der Waals surface area contributed by atoms with Gasteiger partial charge in [0.2, 0.25) is 0 Å². The van der Waals surface area contributed by atoms with Gasteiger partial charge in [0, 0.05) is 31.9 Å². The van der Waals surface area contributed by atoms with Gasteiger partial charge in [0.05, 0.1) is 5.92 Å². The van der Waals surface area contributed by atoms with Gasteiger partial charge < -0.3 is 14.9 Å². The van der Waals surface area contributed by atoms with E-state index in [0.717, 1.165) is 12.2 Å². The van der Waals surface area contributed by atoms with E-state index in [-0.39, 0.29) is 12.1 Å². The van der Waals surface area contributed by atoms with Gasteiger partial charge in [-0.1, -0.05) is 0 Å². The van der Waals surface area contributed by atoms with Crippen LogP contribution in [0.5, 0.6) is 0 Å². The van der Waals surface area contributed by atoms with Crippen LogP contribution in [0.25, 0.3) is 0 Å². The van der Waals surface area contributed by atoms with Gasteiger partial charge in [-0.05, 0) is 26.0 Å². The molecule has 1 heterocycles. The average Bonchev–Trinajstić information content (AvgIpc) is 2.37. The van der Waals surface area contributed by atoms with E-state index in [9.17, 15) is 9.59 Å². The third-order valence-corrected chi connectivity index (χ3v) is 4.23. The first-order valence-electron chi connectivity index (χ1n) is 6.20.